The van der Waals surface area contributed by atoms with Gasteiger partial charge in [0, 0.05) is 34.1 Å². The first-order valence-corrected chi connectivity index (χ1v) is 19.2. The maximum Gasteiger partial charge on any atom is 0.179 e. The fraction of sp³-hybridized carbons (Fsp3) is 0. The van der Waals surface area contributed by atoms with Gasteiger partial charge in [-0.3, -0.25) is 9.55 Å². The van der Waals surface area contributed by atoms with Gasteiger partial charge in [0.2, 0.25) is 0 Å². The molecule has 6 aromatic carbocycles. The number of benzene rings is 6. The van der Waals surface area contributed by atoms with Gasteiger partial charge < -0.3 is 4.42 Å². The van der Waals surface area contributed by atoms with Gasteiger partial charge in [-0.2, -0.15) is 0 Å². The topological polar surface area (TPSA) is 43.9 Å². The lowest BCUT2D eigenvalue weighted by Gasteiger charge is -2.34. The van der Waals surface area contributed by atoms with E-state index < -0.39 is 8.07 Å². The van der Waals surface area contributed by atoms with Crippen LogP contribution in [0.4, 0.5) is 0 Å². The molecular formula is C46H31N3OSi. The van der Waals surface area contributed by atoms with Crippen molar-refractivity contribution in [3.63, 3.8) is 0 Å². The van der Waals surface area contributed by atoms with E-state index in [0.717, 1.165) is 60.8 Å². The molecule has 4 aromatic heterocycles. The molecule has 0 aliphatic rings. The quantitative estimate of drug-likeness (QED) is 0.132. The van der Waals surface area contributed by atoms with E-state index in [4.69, 9.17) is 14.4 Å². The van der Waals surface area contributed by atoms with Crippen LogP contribution in [0.2, 0.25) is 0 Å². The molecule has 4 heterocycles. The Bertz CT molecular complexity index is 2810. The van der Waals surface area contributed by atoms with Crippen molar-refractivity contribution >= 4 is 72.6 Å². The number of hydrogen-bond donors (Lipinski definition) is 0. The van der Waals surface area contributed by atoms with Crippen LogP contribution in [0.25, 0.3) is 60.8 Å². The second-order valence-corrected chi connectivity index (χ2v) is 16.8. The van der Waals surface area contributed by atoms with Crippen LogP contribution in [-0.4, -0.2) is 22.6 Å². The molecule has 51 heavy (non-hydrogen) atoms. The summed E-state index contributed by atoms with van der Waals surface area (Å²) < 4.78 is 8.96. The Morgan fingerprint density at radius 3 is 1.86 bits per heavy atom. The van der Waals surface area contributed by atoms with Gasteiger partial charge >= 0.3 is 0 Å². The summed E-state index contributed by atoms with van der Waals surface area (Å²) in [4.78, 5) is 9.63. The van der Waals surface area contributed by atoms with Gasteiger partial charge in [0.25, 0.3) is 0 Å². The fourth-order valence-electron chi connectivity index (χ4n) is 8.07. The highest BCUT2D eigenvalue weighted by Crippen LogP contribution is 2.40. The monoisotopic (exact) mass is 669 g/mol. The number of nitrogens with zero attached hydrogens (tertiary/aromatic N) is 3. The minimum absolute atomic E-state index is 0.869. The molecule has 10 rings (SSSR count). The summed E-state index contributed by atoms with van der Waals surface area (Å²) in [5.74, 6) is 0.869. The smallest absolute Gasteiger partial charge is 0.179 e. The zero-order valence-electron chi connectivity index (χ0n) is 27.6. The van der Waals surface area contributed by atoms with E-state index in [0.29, 0.717) is 0 Å². The summed E-state index contributed by atoms with van der Waals surface area (Å²) in [6.45, 7) is 0. The SMILES string of the molecule is c1ccc([Si](c2ccccc2)(c2cccc(-c3ccccn3)c2)c2ccc3c4c5oc6ccccc6c5ccc4n(-c4ccccn4)c3c2)cc1. The van der Waals surface area contributed by atoms with Gasteiger partial charge in [0.15, 0.2) is 8.07 Å². The van der Waals surface area contributed by atoms with Crippen molar-refractivity contribution in [1.82, 2.24) is 14.5 Å². The van der Waals surface area contributed by atoms with Crippen molar-refractivity contribution in [2.45, 2.75) is 0 Å². The molecule has 0 radical (unpaired) electrons. The molecule has 5 heteroatoms. The molecule has 0 bridgehead atoms. The largest absolute Gasteiger partial charge is 0.455 e. The predicted molar refractivity (Wildman–Crippen MR) is 213 cm³/mol. The number of pyridine rings is 2. The number of furan rings is 1. The summed E-state index contributed by atoms with van der Waals surface area (Å²) in [5.41, 5.74) is 6.02. The number of fused-ring (bicyclic) bond motifs is 7. The molecule has 4 nitrogen and oxygen atoms in total. The Hall–Kier alpha value is -6.56. The minimum Gasteiger partial charge on any atom is -0.455 e. The molecule has 0 unspecified atom stereocenters. The number of aromatic nitrogens is 3. The number of para-hydroxylation sites is 1. The first-order chi connectivity index (χ1) is 25.3. The van der Waals surface area contributed by atoms with Crippen LogP contribution in [0.3, 0.4) is 0 Å². The van der Waals surface area contributed by atoms with Crippen molar-refractivity contribution in [1.29, 1.82) is 0 Å². The van der Waals surface area contributed by atoms with Gasteiger partial charge in [0.05, 0.1) is 22.1 Å². The molecular weight excluding hydrogens is 639 g/mol. The Labute approximate surface area is 295 Å². The van der Waals surface area contributed by atoms with Crippen LogP contribution in [0.5, 0.6) is 0 Å². The summed E-state index contributed by atoms with van der Waals surface area (Å²) in [6.07, 6.45) is 3.73. The van der Waals surface area contributed by atoms with E-state index in [-0.39, 0.29) is 0 Å². The summed E-state index contributed by atoms with van der Waals surface area (Å²) >= 11 is 0. The standard InChI is InChI=1S/C46H31N3OSi/c1-3-15-33(16-4-1)51(34-17-5-2-6-18-34,35-19-13-14-32(30-35)40-21-9-11-28-47-40)36-24-25-39-42(31-36)49(44-23-10-12-29-48-44)41-27-26-38-37-20-7-8-22-43(37)50-46(38)45(39)41/h1-31H. The van der Waals surface area contributed by atoms with Crippen LogP contribution in [0, 0.1) is 0 Å². The second kappa shape index (κ2) is 11.8. The first kappa shape index (κ1) is 29.4. The highest BCUT2D eigenvalue weighted by Gasteiger charge is 2.42. The Balaban J connectivity index is 1.34. The highest BCUT2D eigenvalue weighted by atomic mass is 28.3. The Morgan fingerprint density at radius 2 is 1.12 bits per heavy atom. The molecule has 0 fully saturated rings. The van der Waals surface area contributed by atoms with Crippen molar-refractivity contribution < 1.29 is 4.42 Å². The first-order valence-electron chi connectivity index (χ1n) is 17.2. The van der Waals surface area contributed by atoms with Crippen LogP contribution >= 0.6 is 0 Å². The average Bonchev–Trinajstić information content (AvgIpc) is 3.75. The lowest BCUT2D eigenvalue weighted by Crippen LogP contribution is -2.74. The van der Waals surface area contributed by atoms with E-state index in [1.54, 1.807) is 0 Å². The van der Waals surface area contributed by atoms with Crippen LogP contribution in [0.15, 0.2) is 193 Å². The van der Waals surface area contributed by atoms with E-state index in [1.807, 2.05) is 30.6 Å². The highest BCUT2D eigenvalue weighted by molar-refractivity contribution is 7.20. The van der Waals surface area contributed by atoms with Gasteiger partial charge in [-0.1, -0.05) is 127 Å². The number of rotatable bonds is 6. The van der Waals surface area contributed by atoms with Gasteiger partial charge in [-0.05, 0) is 69.3 Å². The lowest BCUT2D eigenvalue weighted by molar-refractivity contribution is 0.673. The van der Waals surface area contributed by atoms with E-state index in [9.17, 15) is 0 Å². The molecule has 0 saturated carbocycles. The third kappa shape index (κ3) is 4.52. The second-order valence-electron chi connectivity index (χ2n) is 13.0. The summed E-state index contributed by atoms with van der Waals surface area (Å²) in [6, 6.07) is 63.2. The van der Waals surface area contributed by atoms with Gasteiger partial charge in [0.1, 0.15) is 17.0 Å². The van der Waals surface area contributed by atoms with Crippen LogP contribution in [-0.2, 0) is 0 Å². The van der Waals surface area contributed by atoms with Gasteiger partial charge in [-0.25, -0.2) is 4.98 Å². The van der Waals surface area contributed by atoms with Crippen molar-refractivity contribution in [3.8, 4) is 17.1 Å². The average molecular weight is 670 g/mol. The molecule has 0 N–H and O–H groups in total. The van der Waals surface area contributed by atoms with Crippen molar-refractivity contribution in [3.05, 3.63) is 188 Å². The minimum atomic E-state index is -2.92. The molecule has 10 aromatic rings. The van der Waals surface area contributed by atoms with E-state index in [1.165, 1.54) is 20.7 Å². The Kier molecular flexibility index (Phi) is 6.79. The molecule has 0 aliphatic carbocycles. The van der Waals surface area contributed by atoms with Crippen LogP contribution in [0.1, 0.15) is 0 Å². The number of hydrogen-bond acceptors (Lipinski definition) is 3. The molecule has 0 saturated heterocycles. The summed E-state index contributed by atoms with van der Waals surface area (Å²) in [5, 5.41) is 9.68. The Morgan fingerprint density at radius 1 is 0.451 bits per heavy atom. The predicted octanol–water partition coefficient (Wildman–Crippen LogP) is 8.52. The zero-order valence-corrected chi connectivity index (χ0v) is 28.6. The maximum absolute atomic E-state index is 6.65. The third-order valence-corrected chi connectivity index (χ3v) is 15.0. The third-order valence-electron chi connectivity index (χ3n) is 10.3. The van der Waals surface area contributed by atoms with Crippen LogP contribution < -0.4 is 20.7 Å². The lowest BCUT2D eigenvalue weighted by atomic mass is 10.1. The molecule has 0 spiro atoms. The molecule has 240 valence electrons. The summed E-state index contributed by atoms with van der Waals surface area (Å²) in [7, 11) is -2.92. The fourth-order valence-corrected chi connectivity index (χ4v) is 12.9. The van der Waals surface area contributed by atoms with Gasteiger partial charge in [-0.15, -0.1) is 0 Å². The van der Waals surface area contributed by atoms with E-state index >= 15 is 0 Å². The maximum atomic E-state index is 6.65. The van der Waals surface area contributed by atoms with Crippen molar-refractivity contribution in [2.24, 2.45) is 0 Å². The van der Waals surface area contributed by atoms with E-state index in [2.05, 4.69) is 162 Å². The zero-order chi connectivity index (χ0) is 33.8. The van der Waals surface area contributed by atoms with Crippen molar-refractivity contribution in [2.75, 3.05) is 0 Å². The molecule has 0 atom stereocenters. The molecule has 0 aliphatic heterocycles. The molecule has 0 amide bonds. The normalized spacial score (nSPS) is 11.9.